The second-order valence-corrected chi connectivity index (χ2v) is 9.60. The molecule has 0 radical (unpaired) electrons. The number of nitrogens with zero attached hydrogens (tertiary/aromatic N) is 3. The van der Waals surface area contributed by atoms with Crippen LogP contribution in [-0.2, 0) is 14.3 Å². The fraction of sp³-hybridized carbons (Fsp3) is 0.571. The SMILES string of the molecule is CCOC(=O)c1sc(NC(=O)CSc2nnc(C(C)C)n2C2CC2)c(C(=O)OCC)c1C. The van der Waals surface area contributed by atoms with E-state index in [1.165, 1.54) is 11.8 Å². The molecule has 32 heavy (non-hydrogen) atoms. The van der Waals surface area contributed by atoms with E-state index in [0.717, 1.165) is 30.0 Å². The molecule has 0 aromatic carbocycles. The minimum Gasteiger partial charge on any atom is -0.462 e. The minimum atomic E-state index is -0.588. The zero-order valence-electron chi connectivity index (χ0n) is 18.9. The summed E-state index contributed by atoms with van der Waals surface area (Å²) in [5.41, 5.74) is 0.617. The van der Waals surface area contributed by atoms with E-state index in [1.807, 2.05) is 0 Å². The molecular formula is C21H28N4O5S2. The number of aromatic nitrogens is 3. The van der Waals surface area contributed by atoms with Gasteiger partial charge >= 0.3 is 11.9 Å². The summed E-state index contributed by atoms with van der Waals surface area (Å²) in [6.45, 7) is 9.58. The number of anilines is 1. The average molecular weight is 481 g/mol. The number of nitrogens with one attached hydrogen (secondary N) is 1. The lowest BCUT2D eigenvalue weighted by atomic mass is 10.1. The summed E-state index contributed by atoms with van der Waals surface area (Å²) in [7, 11) is 0. The summed E-state index contributed by atoms with van der Waals surface area (Å²) in [5.74, 6) is -0.170. The topological polar surface area (TPSA) is 112 Å². The van der Waals surface area contributed by atoms with E-state index in [9.17, 15) is 14.4 Å². The molecule has 1 aliphatic carbocycles. The maximum absolute atomic E-state index is 12.7. The fourth-order valence-corrected chi connectivity index (χ4v) is 5.11. The van der Waals surface area contributed by atoms with E-state index in [-0.39, 0.29) is 46.2 Å². The second kappa shape index (κ2) is 10.5. The molecule has 1 saturated carbocycles. The summed E-state index contributed by atoms with van der Waals surface area (Å²) in [4.78, 5) is 37.8. The van der Waals surface area contributed by atoms with Gasteiger partial charge in [0.05, 0.1) is 24.5 Å². The van der Waals surface area contributed by atoms with Crippen molar-refractivity contribution in [1.82, 2.24) is 14.8 Å². The van der Waals surface area contributed by atoms with Gasteiger partial charge in [-0.3, -0.25) is 4.79 Å². The van der Waals surface area contributed by atoms with Gasteiger partial charge in [-0.05, 0) is 39.2 Å². The predicted octanol–water partition coefficient (Wildman–Crippen LogP) is 4.19. The molecule has 2 heterocycles. The summed E-state index contributed by atoms with van der Waals surface area (Å²) in [6.07, 6.45) is 2.18. The van der Waals surface area contributed by atoms with E-state index in [4.69, 9.17) is 9.47 Å². The average Bonchev–Trinajstić information content (AvgIpc) is 3.39. The zero-order valence-corrected chi connectivity index (χ0v) is 20.5. The molecule has 2 aromatic heterocycles. The van der Waals surface area contributed by atoms with Crippen LogP contribution in [-0.4, -0.2) is 51.6 Å². The van der Waals surface area contributed by atoms with Crippen molar-refractivity contribution < 1.29 is 23.9 Å². The standard InChI is InChI=1S/C21H28N4O5S2/c1-6-29-19(27)15-12(5)16(20(28)30-7-2)32-18(15)22-14(26)10-31-21-24-23-17(11(3)4)25(21)13-8-9-13/h11,13H,6-10H2,1-5H3,(H,22,26). The van der Waals surface area contributed by atoms with Gasteiger partial charge in [0, 0.05) is 12.0 Å². The Morgan fingerprint density at radius 3 is 2.41 bits per heavy atom. The van der Waals surface area contributed by atoms with Crippen molar-refractivity contribution in [3.63, 3.8) is 0 Å². The maximum Gasteiger partial charge on any atom is 0.348 e. The number of hydrogen-bond acceptors (Lipinski definition) is 9. The van der Waals surface area contributed by atoms with Gasteiger partial charge in [-0.25, -0.2) is 9.59 Å². The Morgan fingerprint density at radius 2 is 1.81 bits per heavy atom. The maximum atomic E-state index is 12.7. The molecule has 11 heteroatoms. The molecular weight excluding hydrogens is 452 g/mol. The van der Waals surface area contributed by atoms with Gasteiger partial charge in [-0.15, -0.1) is 21.5 Å². The number of esters is 2. The van der Waals surface area contributed by atoms with Gasteiger partial charge < -0.3 is 19.4 Å². The summed E-state index contributed by atoms with van der Waals surface area (Å²) < 4.78 is 12.3. The Bertz CT molecular complexity index is 1010. The number of carbonyl (C=O) groups excluding carboxylic acids is 3. The summed E-state index contributed by atoms with van der Waals surface area (Å²) in [5, 5.41) is 12.3. The van der Waals surface area contributed by atoms with Crippen LogP contribution in [0.4, 0.5) is 5.00 Å². The summed E-state index contributed by atoms with van der Waals surface area (Å²) in [6, 6.07) is 0.399. The number of amides is 1. The van der Waals surface area contributed by atoms with Gasteiger partial charge in [0.25, 0.3) is 0 Å². The van der Waals surface area contributed by atoms with Gasteiger partial charge in [-0.1, -0.05) is 25.6 Å². The molecule has 9 nitrogen and oxygen atoms in total. The van der Waals surface area contributed by atoms with Crippen LogP contribution >= 0.6 is 23.1 Å². The highest BCUT2D eigenvalue weighted by molar-refractivity contribution is 7.99. The molecule has 0 saturated heterocycles. The van der Waals surface area contributed by atoms with Crippen LogP contribution in [0.5, 0.6) is 0 Å². The quantitative estimate of drug-likeness (QED) is 0.398. The third-order valence-corrected chi connectivity index (χ3v) is 6.92. The van der Waals surface area contributed by atoms with Crippen molar-refractivity contribution in [1.29, 1.82) is 0 Å². The van der Waals surface area contributed by atoms with Crippen molar-refractivity contribution >= 4 is 45.9 Å². The largest absolute Gasteiger partial charge is 0.462 e. The van der Waals surface area contributed by atoms with E-state index >= 15 is 0 Å². The first-order valence-corrected chi connectivity index (χ1v) is 12.4. The van der Waals surface area contributed by atoms with Crippen molar-refractivity contribution in [2.24, 2.45) is 0 Å². The van der Waals surface area contributed by atoms with Crippen LogP contribution in [0.15, 0.2) is 5.16 Å². The highest BCUT2D eigenvalue weighted by Gasteiger charge is 2.31. The van der Waals surface area contributed by atoms with Crippen LogP contribution in [0, 0.1) is 6.92 Å². The Kier molecular flexibility index (Phi) is 7.94. The number of thiophene rings is 1. The van der Waals surface area contributed by atoms with Crippen molar-refractivity contribution in [2.75, 3.05) is 24.3 Å². The first-order valence-electron chi connectivity index (χ1n) is 10.6. The molecule has 0 aliphatic heterocycles. The first-order chi connectivity index (χ1) is 15.3. The van der Waals surface area contributed by atoms with Crippen molar-refractivity contribution in [3.8, 4) is 0 Å². The van der Waals surface area contributed by atoms with Gasteiger partial charge in [0.2, 0.25) is 5.91 Å². The Labute approximate surface area is 195 Å². The van der Waals surface area contributed by atoms with Crippen LogP contribution in [0.1, 0.15) is 83.9 Å². The van der Waals surface area contributed by atoms with Gasteiger partial charge in [-0.2, -0.15) is 0 Å². The molecule has 1 aliphatic rings. The van der Waals surface area contributed by atoms with Crippen LogP contribution in [0.2, 0.25) is 0 Å². The third-order valence-electron chi connectivity index (χ3n) is 4.79. The number of hydrogen-bond donors (Lipinski definition) is 1. The third kappa shape index (κ3) is 5.32. The Morgan fingerprint density at radius 1 is 1.16 bits per heavy atom. The number of carbonyl (C=O) groups is 3. The lowest BCUT2D eigenvalue weighted by molar-refractivity contribution is -0.113. The molecule has 0 spiro atoms. The zero-order chi connectivity index (χ0) is 23.4. The van der Waals surface area contributed by atoms with Crippen LogP contribution < -0.4 is 5.32 Å². The van der Waals surface area contributed by atoms with Gasteiger partial charge in [0.1, 0.15) is 15.7 Å². The molecule has 0 atom stereocenters. The normalized spacial score (nSPS) is 13.3. The lowest BCUT2D eigenvalue weighted by Crippen LogP contribution is -2.17. The van der Waals surface area contributed by atoms with Gasteiger partial charge in [0.15, 0.2) is 5.16 Å². The predicted molar refractivity (Wildman–Crippen MR) is 123 cm³/mol. The van der Waals surface area contributed by atoms with Crippen LogP contribution in [0.3, 0.4) is 0 Å². The van der Waals surface area contributed by atoms with Crippen molar-refractivity contribution in [3.05, 3.63) is 21.8 Å². The molecule has 0 bridgehead atoms. The molecule has 0 unspecified atom stereocenters. The minimum absolute atomic E-state index is 0.0941. The van der Waals surface area contributed by atoms with Crippen molar-refractivity contribution in [2.45, 2.75) is 64.6 Å². The van der Waals surface area contributed by atoms with E-state index in [0.29, 0.717) is 16.8 Å². The van der Waals surface area contributed by atoms with E-state index in [2.05, 4.69) is 33.9 Å². The summed E-state index contributed by atoms with van der Waals surface area (Å²) >= 11 is 2.32. The molecule has 1 fully saturated rings. The highest BCUT2D eigenvalue weighted by Crippen LogP contribution is 2.40. The Balaban J connectivity index is 1.76. The second-order valence-electron chi connectivity index (χ2n) is 7.63. The number of ether oxygens (including phenoxy) is 2. The molecule has 2 aromatic rings. The van der Waals surface area contributed by atoms with Crippen LogP contribution in [0.25, 0.3) is 0 Å². The highest BCUT2D eigenvalue weighted by atomic mass is 32.2. The van der Waals surface area contributed by atoms with E-state index in [1.54, 1.807) is 20.8 Å². The number of rotatable bonds is 10. The van der Waals surface area contributed by atoms with E-state index < -0.39 is 11.9 Å². The first kappa shape index (κ1) is 24.2. The molecule has 3 rings (SSSR count). The monoisotopic (exact) mass is 480 g/mol. The molecule has 174 valence electrons. The Hall–Kier alpha value is -2.40. The smallest absolute Gasteiger partial charge is 0.348 e. The fourth-order valence-electron chi connectivity index (χ4n) is 3.19. The molecule has 1 amide bonds. The molecule has 1 N–H and O–H groups in total. The number of thioether (sulfide) groups is 1. The lowest BCUT2D eigenvalue weighted by Gasteiger charge is -2.10.